The van der Waals surface area contributed by atoms with Gasteiger partial charge in [-0.05, 0) is 73.6 Å². The van der Waals surface area contributed by atoms with Crippen LogP contribution in [0.2, 0.25) is 0 Å². The number of aliphatic carboxylic acids is 3. The second-order valence-corrected chi connectivity index (χ2v) is 13.1. The molecular formula is C35H47N5O10S. The molecule has 278 valence electrons. The van der Waals surface area contributed by atoms with Crippen LogP contribution in [0.5, 0.6) is 0 Å². The van der Waals surface area contributed by atoms with Crippen LogP contribution in [0.25, 0.3) is 10.8 Å². The molecule has 5 amide bonds. The van der Waals surface area contributed by atoms with Crippen LogP contribution in [0.4, 0.5) is 4.79 Å². The normalized spacial score (nSPS) is 17.3. The van der Waals surface area contributed by atoms with Gasteiger partial charge in [0.1, 0.15) is 18.1 Å². The average Bonchev–Trinajstić information content (AvgIpc) is 3.11. The molecule has 3 rings (SSSR count). The number of hydrogen-bond donors (Lipinski definition) is 9. The molecule has 0 heterocycles. The van der Waals surface area contributed by atoms with Gasteiger partial charge in [0, 0.05) is 31.8 Å². The second-order valence-electron chi connectivity index (χ2n) is 12.7. The van der Waals surface area contributed by atoms with Crippen LogP contribution in [-0.4, -0.2) is 93.9 Å². The molecule has 15 nitrogen and oxygen atoms in total. The van der Waals surface area contributed by atoms with Crippen LogP contribution >= 0.6 is 12.6 Å². The van der Waals surface area contributed by atoms with E-state index < -0.39 is 54.4 Å². The van der Waals surface area contributed by atoms with Gasteiger partial charge in [0.25, 0.3) is 0 Å². The molecule has 1 fully saturated rings. The SMILES string of the molecule is O=C(O)CC[C@H](NC(=O)N[C@@H](CCCCNC(=O)[C@H](Cc1ccc2ccccc2c1)NC(=O)C1CCC(CNC(=O)CS)CC1)C(=O)O)C(=O)O. The van der Waals surface area contributed by atoms with Gasteiger partial charge in [0.05, 0.1) is 5.75 Å². The van der Waals surface area contributed by atoms with Gasteiger partial charge in [-0.3, -0.25) is 19.2 Å². The first-order chi connectivity index (χ1) is 24.4. The van der Waals surface area contributed by atoms with Crippen molar-refractivity contribution in [3.8, 4) is 0 Å². The van der Waals surface area contributed by atoms with Crippen molar-refractivity contribution >= 4 is 65.1 Å². The van der Waals surface area contributed by atoms with Crippen molar-refractivity contribution in [2.45, 2.75) is 82.3 Å². The molecule has 2 aromatic rings. The molecule has 0 unspecified atom stereocenters. The van der Waals surface area contributed by atoms with Crippen LogP contribution in [0, 0.1) is 11.8 Å². The smallest absolute Gasteiger partial charge is 0.326 e. The number of urea groups is 1. The Morgan fingerprint density at radius 1 is 0.745 bits per heavy atom. The first-order valence-electron chi connectivity index (χ1n) is 17.0. The van der Waals surface area contributed by atoms with Gasteiger partial charge in [-0.2, -0.15) is 12.6 Å². The number of thiol groups is 1. The standard InChI is InChI=1S/C35H47N5O10S/c41-29(20-51)37-19-21-8-12-24(13-9-21)31(44)38-28(18-22-10-11-23-5-1-2-6-25(23)17-22)32(45)36-16-4-3-7-26(33(46)47)39-35(50)40-27(34(48)49)14-15-30(42)43/h1-2,5-6,10-11,17,21,24,26-28,51H,3-4,7-9,12-16,18-20H2,(H,36,45)(H,37,41)(H,38,44)(H,42,43)(H,46,47)(H,48,49)(H2,39,40,50)/t21?,24?,26-,27-,28-/m0/s1. The van der Waals surface area contributed by atoms with Gasteiger partial charge in [0.15, 0.2) is 0 Å². The summed E-state index contributed by atoms with van der Waals surface area (Å²) in [6.07, 6.45) is 2.77. The molecule has 0 saturated heterocycles. The van der Waals surface area contributed by atoms with E-state index in [0.717, 1.165) is 29.2 Å². The maximum Gasteiger partial charge on any atom is 0.326 e. The fraction of sp³-hybridized carbons (Fsp3) is 0.514. The van der Waals surface area contributed by atoms with E-state index in [4.69, 9.17) is 5.11 Å². The summed E-state index contributed by atoms with van der Waals surface area (Å²) in [6.45, 7) is 0.706. The summed E-state index contributed by atoms with van der Waals surface area (Å²) in [5, 5.41) is 42.5. The fourth-order valence-electron chi connectivity index (χ4n) is 5.99. The van der Waals surface area contributed by atoms with Gasteiger partial charge in [-0.1, -0.05) is 42.5 Å². The quantitative estimate of drug-likeness (QED) is 0.0710. The number of carbonyl (C=O) groups excluding carboxylic acids is 4. The number of hydrogen-bond acceptors (Lipinski definition) is 8. The molecule has 8 N–H and O–H groups in total. The van der Waals surface area contributed by atoms with Crippen molar-refractivity contribution < 1.29 is 48.9 Å². The Labute approximate surface area is 301 Å². The van der Waals surface area contributed by atoms with Crippen LogP contribution in [0.3, 0.4) is 0 Å². The van der Waals surface area contributed by atoms with E-state index in [9.17, 15) is 43.8 Å². The number of amides is 5. The summed E-state index contributed by atoms with van der Waals surface area (Å²) in [7, 11) is 0. The van der Waals surface area contributed by atoms with Crippen LogP contribution in [0.1, 0.15) is 63.4 Å². The maximum atomic E-state index is 13.4. The minimum absolute atomic E-state index is 0.0241. The van der Waals surface area contributed by atoms with Crippen molar-refractivity contribution in [3.05, 3.63) is 48.0 Å². The van der Waals surface area contributed by atoms with Gasteiger partial charge < -0.3 is 41.9 Å². The zero-order valence-electron chi connectivity index (χ0n) is 28.3. The minimum atomic E-state index is -1.51. The second kappa shape index (κ2) is 20.7. The molecule has 16 heteroatoms. The molecule has 1 saturated carbocycles. The summed E-state index contributed by atoms with van der Waals surface area (Å²) >= 11 is 3.97. The summed E-state index contributed by atoms with van der Waals surface area (Å²) < 4.78 is 0. The first-order valence-corrected chi connectivity index (χ1v) is 17.7. The number of rotatable bonds is 20. The predicted molar refractivity (Wildman–Crippen MR) is 190 cm³/mol. The Balaban J connectivity index is 1.55. The Kier molecular flexibility index (Phi) is 16.5. The summed E-state index contributed by atoms with van der Waals surface area (Å²) in [4.78, 5) is 84.5. The third-order valence-electron chi connectivity index (χ3n) is 8.91. The third kappa shape index (κ3) is 14.1. The number of unbranched alkanes of at least 4 members (excludes halogenated alkanes) is 1. The number of benzene rings is 2. The summed E-state index contributed by atoms with van der Waals surface area (Å²) in [5.74, 6) is -4.67. The monoisotopic (exact) mass is 729 g/mol. The Morgan fingerprint density at radius 3 is 2.02 bits per heavy atom. The van der Waals surface area contributed by atoms with Crippen molar-refractivity contribution in [1.82, 2.24) is 26.6 Å². The topological polar surface area (TPSA) is 240 Å². The molecule has 1 aliphatic rings. The molecule has 0 radical (unpaired) electrons. The van der Waals surface area contributed by atoms with Gasteiger partial charge >= 0.3 is 23.9 Å². The van der Waals surface area contributed by atoms with E-state index in [1.807, 2.05) is 42.5 Å². The number of carboxylic acids is 3. The van der Waals surface area contributed by atoms with E-state index in [-0.39, 0.29) is 61.6 Å². The molecule has 2 aromatic carbocycles. The van der Waals surface area contributed by atoms with E-state index in [2.05, 4.69) is 39.2 Å². The van der Waals surface area contributed by atoms with Crippen molar-refractivity contribution in [2.24, 2.45) is 11.8 Å². The fourth-order valence-corrected chi connectivity index (χ4v) is 6.10. The van der Waals surface area contributed by atoms with Crippen LogP contribution in [-0.2, 0) is 35.2 Å². The molecule has 0 aromatic heterocycles. The van der Waals surface area contributed by atoms with Gasteiger partial charge in [-0.25, -0.2) is 14.4 Å². The lowest BCUT2D eigenvalue weighted by Gasteiger charge is -2.29. The number of fused-ring (bicyclic) bond motifs is 1. The lowest BCUT2D eigenvalue weighted by Crippen LogP contribution is -2.51. The van der Waals surface area contributed by atoms with E-state index in [0.29, 0.717) is 25.8 Å². The molecule has 0 spiro atoms. The van der Waals surface area contributed by atoms with Crippen molar-refractivity contribution in [3.63, 3.8) is 0 Å². The molecule has 3 atom stereocenters. The molecule has 0 aliphatic heterocycles. The predicted octanol–water partition coefficient (Wildman–Crippen LogP) is 2.08. The van der Waals surface area contributed by atoms with E-state index >= 15 is 0 Å². The molecule has 51 heavy (non-hydrogen) atoms. The van der Waals surface area contributed by atoms with E-state index in [1.165, 1.54) is 0 Å². The highest BCUT2D eigenvalue weighted by Gasteiger charge is 2.30. The summed E-state index contributed by atoms with van der Waals surface area (Å²) in [6, 6.07) is 8.86. The number of carbonyl (C=O) groups is 7. The number of carboxylic acid groups (broad SMARTS) is 3. The maximum absolute atomic E-state index is 13.4. The van der Waals surface area contributed by atoms with Crippen LogP contribution in [0.15, 0.2) is 42.5 Å². The Hall–Kier alpha value is -4.86. The molecule has 1 aliphatic carbocycles. The highest BCUT2D eigenvalue weighted by Crippen LogP contribution is 2.29. The van der Waals surface area contributed by atoms with Crippen molar-refractivity contribution in [2.75, 3.05) is 18.8 Å². The summed E-state index contributed by atoms with van der Waals surface area (Å²) in [5.41, 5.74) is 0.861. The van der Waals surface area contributed by atoms with Gasteiger partial charge in [-0.15, -0.1) is 0 Å². The third-order valence-corrected chi connectivity index (χ3v) is 9.20. The zero-order valence-corrected chi connectivity index (χ0v) is 29.2. The lowest BCUT2D eigenvalue weighted by molar-refractivity contribution is -0.141. The Morgan fingerprint density at radius 2 is 1.39 bits per heavy atom. The van der Waals surface area contributed by atoms with E-state index in [1.54, 1.807) is 0 Å². The Bertz CT molecular complexity index is 1550. The van der Waals surface area contributed by atoms with Gasteiger partial charge in [0.2, 0.25) is 17.7 Å². The number of nitrogens with one attached hydrogen (secondary N) is 5. The minimum Gasteiger partial charge on any atom is -0.481 e. The van der Waals surface area contributed by atoms with Crippen LogP contribution < -0.4 is 26.6 Å². The highest BCUT2D eigenvalue weighted by molar-refractivity contribution is 7.81. The molecule has 0 bridgehead atoms. The first kappa shape index (κ1) is 40.6. The highest BCUT2D eigenvalue weighted by atomic mass is 32.1. The molecular weight excluding hydrogens is 682 g/mol. The zero-order chi connectivity index (χ0) is 37.3. The largest absolute Gasteiger partial charge is 0.481 e. The van der Waals surface area contributed by atoms with Crippen molar-refractivity contribution in [1.29, 1.82) is 0 Å². The average molecular weight is 730 g/mol. The lowest BCUT2D eigenvalue weighted by atomic mass is 9.81.